The highest BCUT2D eigenvalue weighted by Crippen LogP contribution is 2.11. The van der Waals surface area contributed by atoms with Crippen molar-refractivity contribution in [1.29, 1.82) is 0 Å². The average Bonchev–Trinajstić information content (AvgIpc) is 2.08. The lowest BCUT2D eigenvalue weighted by atomic mass is 10.2. The van der Waals surface area contributed by atoms with E-state index in [-0.39, 0.29) is 0 Å². The van der Waals surface area contributed by atoms with Gasteiger partial charge in [0.2, 0.25) is 0 Å². The standard InChI is InChI=1S/C9H15N3/c1-4-5-10-9-7(2)8(3)11-6-12-9/h6H,4-5H2,1-3H3,(H,10,11,12). The van der Waals surface area contributed by atoms with Gasteiger partial charge in [-0.3, -0.25) is 0 Å². The minimum absolute atomic E-state index is 0.962. The second-order valence-corrected chi connectivity index (χ2v) is 2.86. The fourth-order valence-corrected chi connectivity index (χ4v) is 0.960. The molecule has 0 radical (unpaired) electrons. The second-order valence-electron chi connectivity index (χ2n) is 2.86. The van der Waals surface area contributed by atoms with Crippen LogP contribution < -0.4 is 5.32 Å². The average molecular weight is 165 g/mol. The number of nitrogens with one attached hydrogen (secondary N) is 1. The van der Waals surface area contributed by atoms with E-state index in [1.807, 2.05) is 13.8 Å². The van der Waals surface area contributed by atoms with E-state index in [0.29, 0.717) is 0 Å². The maximum absolute atomic E-state index is 4.15. The zero-order chi connectivity index (χ0) is 8.97. The van der Waals surface area contributed by atoms with Crippen LogP contribution in [0.15, 0.2) is 6.33 Å². The molecule has 0 bridgehead atoms. The highest BCUT2D eigenvalue weighted by molar-refractivity contribution is 5.44. The minimum Gasteiger partial charge on any atom is -0.370 e. The van der Waals surface area contributed by atoms with E-state index in [0.717, 1.165) is 30.0 Å². The quantitative estimate of drug-likeness (QED) is 0.743. The van der Waals surface area contributed by atoms with Crippen LogP contribution in [0.1, 0.15) is 24.6 Å². The molecule has 66 valence electrons. The van der Waals surface area contributed by atoms with Crippen LogP contribution in [-0.2, 0) is 0 Å². The van der Waals surface area contributed by atoms with E-state index in [2.05, 4.69) is 22.2 Å². The lowest BCUT2D eigenvalue weighted by Gasteiger charge is -2.07. The van der Waals surface area contributed by atoms with E-state index in [1.54, 1.807) is 6.33 Å². The van der Waals surface area contributed by atoms with Crippen molar-refractivity contribution < 1.29 is 0 Å². The van der Waals surface area contributed by atoms with Crippen LogP contribution in [-0.4, -0.2) is 16.5 Å². The zero-order valence-electron chi connectivity index (χ0n) is 7.89. The monoisotopic (exact) mass is 165 g/mol. The molecular weight excluding hydrogens is 150 g/mol. The summed E-state index contributed by atoms with van der Waals surface area (Å²) in [4.78, 5) is 8.25. The molecule has 1 heterocycles. The molecule has 0 saturated carbocycles. The Morgan fingerprint density at radius 2 is 2.08 bits per heavy atom. The summed E-state index contributed by atoms with van der Waals surface area (Å²) in [6, 6.07) is 0. The van der Waals surface area contributed by atoms with Gasteiger partial charge in [-0.25, -0.2) is 9.97 Å². The van der Waals surface area contributed by atoms with Gasteiger partial charge in [-0.2, -0.15) is 0 Å². The molecule has 0 spiro atoms. The highest BCUT2D eigenvalue weighted by Gasteiger charge is 2.00. The Kier molecular flexibility index (Phi) is 3.02. The number of hydrogen-bond donors (Lipinski definition) is 1. The summed E-state index contributed by atoms with van der Waals surface area (Å²) >= 11 is 0. The molecule has 0 fully saturated rings. The molecule has 3 heteroatoms. The summed E-state index contributed by atoms with van der Waals surface area (Å²) in [6.45, 7) is 7.13. The molecule has 1 aromatic heterocycles. The Bertz CT molecular complexity index is 258. The van der Waals surface area contributed by atoms with Crippen molar-refractivity contribution >= 4 is 5.82 Å². The first-order chi connectivity index (χ1) is 5.75. The third-order valence-electron chi connectivity index (χ3n) is 1.88. The van der Waals surface area contributed by atoms with Crippen molar-refractivity contribution in [2.24, 2.45) is 0 Å². The summed E-state index contributed by atoms with van der Waals surface area (Å²) in [5.74, 6) is 0.962. The maximum atomic E-state index is 4.15. The molecule has 0 aliphatic heterocycles. The van der Waals surface area contributed by atoms with Gasteiger partial charge in [0.25, 0.3) is 0 Å². The van der Waals surface area contributed by atoms with Gasteiger partial charge in [-0.05, 0) is 20.3 Å². The Labute approximate surface area is 73.2 Å². The fourth-order valence-electron chi connectivity index (χ4n) is 0.960. The number of aryl methyl sites for hydroxylation is 1. The van der Waals surface area contributed by atoms with Gasteiger partial charge in [0.15, 0.2) is 0 Å². The molecule has 0 saturated heterocycles. The molecule has 0 aliphatic carbocycles. The van der Waals surface area contributed by atoms with E-state index in [9.17, 15) is 0 Å². The first-order valence-corrected chi connectivity index (χ1v) is 4.27. The molecule has 0 unspecified atom stereocenters. The lowest BCUT2D eigenvalue weighted by Crippen LogP contribution is -2.05. The van der Waals surface area contributed by atoms with Crippen molar-refractivity contribution in [3.8, 4) is 0 Å². The molecule has 0 aromatic carbocycles. The van der Waals surface area contributed by atoms with Gasteiger partial charge in [-0.15, -0.1) is 0 Å². The first-order valence-electron chi connectivity index (χ1n) is 4.27. The largest absolute Gasteiger partial charge is 0.370 e. The van der Waals surface area contributed by atoms with Crippen molar-refractivity contribution in [3.05, 3.63) is 17.6 Å². The maximum Gasteiger partial charge on any atom is 0.132 e. The zero-order valence-corrected chi connectivity index (χ0v) is 7.89. The van der Waals surface area contributed by atoms with E-state index in [4.69, 9.17) is 0 Å². The van der Waals surface area contributed by atoms with Gasteiger partial charge in [0.1, 0.15) is 12.1 Å². The van der Waals surface area contributed by atoms with Crippen LogP contribution in [0.25, 0.3) is 0 Å². The van der Waals surface area contributed by atoms with E-state index < -0.39 is 0 Å². The Balaban J connectivity index is 2.78. The van der Waals surface area contributed by atoms with Gasteiger partial charge < -0.3 is 5.32 Å². The fraction of sp³-hybridized carbons (Fsp3) is 0.556. The van der Waals surface area contributed by atoms with Crippen LogP contribution >= 0.6 is 0 Å². The smallest absolute Gasteiger partial charge is 0.132 e. The number of hydrogen-bond acceptors (Lipinski definition) is 3. The molecule has 12 heavy (non-hydrogen) atoms. The predicted octanol–water partition coefficient (Wildman–Crippen LogP) is 1.92. The number of anilines is 1. The molecule has 0 amide bonds. The van der Waals surface area contributed by atoms with Gasteiger partial charge in [-0.1, -0.05) is 6.92 Å². The molecular formula is C9H15N3. The van der Waals surface area contributed by atoms with Crippen molar-refractivity contribution in [3.63, 3.8) is 0 Å². The molecule has 1 N–H and O–H groups in total. The summed E-state index contributed by atoms with van der Waals surface area (Å²) in [5, 5.41) is 3.25. The highest BCUT2D eigenvalue weighted by atomic mass is 15.0. The molecule has 3 nitrogen and oxygen atoms in total. The van der Waals surface area contributed by atoms with Gasteiger partial charge >= 0.3 is 0 Å². The van der Waals surface area contributed by atoms with Crippen molar-refractivity contribution in [2.75, 3.05) is 11.9 Å². The number of rotatable bonds is 3. The third kappa shape index (κ3) is 1.94. The molecule has 1 aromatic rings. The Morgan fingerprint density at radius 1 is 1.33 bits per heavy atom. The predicted molar refractivity (Wildman–Crippen MR) is 50.3 cm³/mol. The Hall–Kier alpha value is -1.12. The van der Waals surface area contributed by atoms with Crippen LogP contribution in [0, 0.1) is 13.8 Å². The van der Waals surface area contributed by atoms with Crippen LogP contribution in [0.4, 0.5) is 5.82 Å². The molecule has 0 aliphatic rings. The molecule has 0 atom stereocenters. The number of aromatic nitrogens is 2. The normalized spacial score (nSPS) is 9.92. The van der Waals surface area contributed by atoms with Gasteiger partial charge in [0.05, 0.1) is 0 Å². The second kappa shape index (κ2) is 4.04. The topological polar surface area (TPSA) is 37.8 Å². The summed E-state index contributed by atoms with van der Waals surface area (Å²) in [5.41, 5.74) is 2.19. The summed E-state index contributed by atoms with van der Waals surface area (Å²) in [7, 11) is 0. The number of nitrogens with zero attached hydrogens (tertiary/aromatic N) is 2. The minimum atomic E-state index is 0.962. The third-order valence-corrected chi connectivity index (χ3v) is 1.88. The van der Waals surface area contributed by atoms with Crippen molar-refractivity contribution in [1.82, 2.24) is 9.97 Å². The van der Waals surface area contributed by atoms with E-state index in [1.165, 1.54) is 0 Å². The summed E-state index contributed by atoms with van der Waals surface area (Å²) < 4.78 is 0. The SMILES string of the molecule is CCCNc1ncnc(C)c1C. The van der Waals surface area contributed by atoms with Crippen LogP contribution in [0.2, 0.25) is 0 Å². The van der Waals surface area contributed by atoms with Crippen LogP contribution in [0.3, 0.4) is 0 Å². The van der Waals surface area contributed by atoms with Gasteiger partial charge in [0, 0.05) is 17.8 Å². The first kappa shape index (κ1) is 8.97. The lowest BCUT2D eigenvalue weighted by molar-refractivity contribution is 0.952. The molecule has 1 rings (SSSR count). The Morgan fingerprint density at radius 3 is 2.75 bits per heavy atom. The summed E-state index contributed by atoms with van der Waals surface area (Å²) in [6.07, 6.45) is 2.71. The van der Waals surface area contributed by atoms with E-state index >= 15 is 0 Å². The van der Waals surface area contributed by atoms with Crippen LogP contribution in [0.5, 0.6) is 0 Å². The van der Waals surface area contributed by atoms with Crippen molar-refractivity contribution in [2.45, 2.75) is 27.2 Å².